The largest absolute Gasteiger partial charge is 0.379 e. The Morgan fingerprint density at radius 1 is 1.43 bits per heavy atom. The Morgan fingerprint density at radius 2 is 2.29 bits per heavy atom. The zero-order chi connectivity index (χ0) is 14.9. The molecule has 0 spiro atoms. The van der Waals surface area contributed by atoms with Gasteiger partial charge in [-0.2, -0.15) is 0 Å². The van der Waals surface area contributed by atoms with Gasteiger partial charge in [0.1, 0.15) is 5.71 Å². The molecule has 0 saturated heterocycles. The molecule has 1 amide bonds. The number of thiophene rings is 1. The van der Waals surface area contributed by atoms with Crippen molar-refractivity contribution < 1.29 is 9.63 Å². The van der Waals surface area contributed by atoms with Crippen molar-refractivity contribution in [3.05, 3.63) is 46.4 Å². The van der Waals surface area contributed by atoms with Crippen molar-refractivity contribution in [1.82, 2.24) is 4.98 Å². The third kappa shape index (κ3) is 2.67. The molecule has 1 N–H and O–H groups in total. The fraction of sp³-hybridized carbons (Fsp3) is 0.267. The van der Waals surface area contributed by atoms with Crippen LogP contribution in [-0.2, 0) is 9.63 Å². The number of nitrogens with zero attached hydrogens (tertiary/aromatic N) is 2. The number of anilines is 1. The van der Waals surface area contributed by atoms with E-state index in [9.17, 15) is 4.79 Å². The first-order valence-corrected chi connectivity index (χ1v) is 7.48. The highest BCUT2D eigenvalue weighted by atomic mass is 32.1. The second kappa shape index (κ2) is 5.29. The number of carbonyl (C=O) groups is 1. The summed E-state index contributed by atoms with van der Waals surface area (Å²) in [5, 5.41) is 8.91. The summed E-state index contributed by atoms with van der Waals surface area (Å²) < 4.78 is 0. The zero-order valence-electron chi connectivity index (χ0n) is 11.8. The number of hydrogen-bond acceptors (Lipinski definition) is 5. The lowest BCUT2D eigenvalue weighted by molar-refractivity contribution is -0.135. The molecule has 0 radical (unpaired) electrons. The molecule has 2 aromatic heterocycles. The van der Waals surface area contributed by atoms with Crippen molar-refractivity contribution in [1.29, 1.82) is 0 Å². The molecular weight excluding hydrogens is 286 g/mol. The number of pyridine rings is 1. The van der Waals surface area contributed by atoms with Crippen molar-refractivity contribution in [2.75, 3.05) is 5.32 Å². The quantitative estimate of drug-likeness (QED) is 0.948. The average molecular weight is 301 g/mol. The molecule has 1 aliphatic heterocycles. The van der Waals surface area contributed by atoms with E-state index < -0.39 is 5.60 Å². The lowest BCUT2D eigenvalue weighted by atomic mass is 9.98. The van der Waals surface area contributed by atoms with Crippen LogP contribution >= 0.6 is 11.3 Å². The van der Waals surface area contributed by atoms with E-state index in [4.69, 9.17) is 4.84 Å². The highest BCUT2D eigenvalue weighted by Crippen LogP contribution is 2.29. The minimum absolute atomic E-state index is 0.214. The van der Waals surface area contributed by atoms with Gasteiger partial charge in [-0.1, -0.05) is 11.2 Å². The Hall–Kier alpha value is -2.21. The minimum atomic E-state index is -0.985. The van der Waals surface area contributed by atoms with Crippen LogP contribution in [0.2, 0.25) is 0 Å². The van der Waals surface area contributed by atoms with Gasteiger partial charge in [0.25, 0.3) is 5.91 Å². The monoisotopic (exact) mass is 301 g/mol. The second-order valence-electron chi connectivity index (χ2n) is 5.10. The molecule has 2 aromatic rings. The summed E-state index contributed by atoms with van der Waals surface area (Å²) in [5.41, 5.74) is 1.29. The average Bonchev–Trinajstić information content (AvgIpc) is 3.11. The fourth-order valence-corrected chi connectivity index (χ4v) is 2.81. The van der Waals surface area contributed by atoms with Crippen LogP contribution < -0.4 is 5.32 Å². The summed E-state index contributed by atoms with van der Waals surface area (Å²) in [7, 11) is 0. The van der Waals surface area contributed by atoms with E-state index in [-0.39, 0.29) is 5.91 Å². The van der Waals surface area contributed by atoms with Gasteiger partial charge in [-0.05, 0) is 37.4 Å². The maximum Gasteiger partial charge on any atom is 0.271 e. The van der Waals surface area contributed by atoms with Gasteiger partial charge in [0.2, 0.25) is 5.60 Å². The molecule has 108 valence electrons. The fourth-order valence-electron chi connectivity index (χ4n) is 2.11. The highest BCUT2D eigenvalue weighted by Gasteiger charge is 2.42. The first-order chi connectivity index (χ1) is 10.1. The van der Waals surface area contributed by atoms with Gasteiger partial charge in [-0.3, -0.25) is 9.78 Å². The summed E-state index contributed by atoms with van der Waals surface area (Å²) in [5.74, 6) is -0.214. The van der Waals surface area contributed by atoms with Crippen molar-refractivity contribution in [2.45, 2.75) is 25.9 Å². The van der Waals surface area contributed by atoms with E-state index in [0.717, 1.165) is 16.3 Å². The van der Waals surface area contributed by atoms with Crippen LogP contribution in [0.4, 0.5) is 5.69 Å². The second-order valence-corrected chi connectivity index (χ2v) is 6.05. The molecule has 21 heavy (non-hydrogen) atoms. The topological polar surface area (TPSA) is 63.6 Å². The molecule has 3 rings (SSSR count). The molecule has 6 heteroatoms. The van der Waals surface area contributed by atoms with Crippen molar-refractivity contribution in [2.24, 2.45) is 5.16 Å². The van der Waals surface area contributed by atoms with Crippen LogP contribution in [0, 0.1) is 6.92 Å². The van der Waals surface area contributed by atoms with E-state index in [1.165, 1.54) is 0 Å². The molecule has 0 fully saturated rings. The number of aromatic nitrogens is 1. The Bertz CT molecular complexity index is 697. The van der Waals surface area contributed by atoms with Gasteiger partial charge in [0.05, 0.1) is 16.3 Å². The van der Waals surface area contributed by atoms with Gasteiger partial charge in [0.15, 0.2) is 0 Å². The van der Waals surface area contributed by atoms with Crippen LogP contribution in [0.1, 0.15) is 23.9 Å². The van der Waals surface area contributed by atoms with Gasteiger partial charge in [-0.15, -0.1) is 11.3 Å². The molecule has 0 bridgehead atoms. The van der Waals surface area contributed by atoms with Crippen molar-refractivity contribution in [3.63, 3.8) is 0 Å². The maximum atomic E-state index is 12.5. The highest BCUT2D eigenvalue weighted by molar-refractivity contribution is 7.12. The zero-order valence-corrected chi connectivity index (χ0v) is 12.6. The number of oxime groups is 1. The van der Waals surface area contributed by atoms with Crippen LogP contribution in [0.15, 0.2) is 41.0 Å². The number of nitrogens with one attached hydrogen (secondary N) is 1. The standard InChI is InChI=1S/C15H15N3O2S/c1-10-11(5-3-7-16-10)17-14(19)15(2)9-12(18-20-15)13-6-4-8-21-13/h3-8H,9H2,1-2H3,(H,17,19). The van der Waals surface area contributed by atoms with Crippen molar-refractivity contribution in [3.8, 4) is 0 Å². The SMILES string of the molecule is Cc1ncccc1NC(=O)C1(C)CC(c2cccs2)=NO1. The van der Waals surface area contributed by atoms with Crippen LogP contribution in [0.25, 0.3) is 0 Å². The Kier molecular flexibility index (Phi) is 3.47. The van der Waals surface area contributed by atoms with Crippen LogP contribution in [0.3, 0.4) is 0 Å². The predicted octanol–water partition coefficient (Wildman–Crippen LogP) is 2.97. The third-order valence-corrected chi connectivity index (χ3v) is 4.32. The van der Waals surface area contributed by atoms with Crippen molar-refractivity contribution >= 4 is 28.6 Å². The Morgan fingerprint density at radius 3 is 3.00 bits per heavy atom. The molecule has 1 unspecified atom stereocenters. The summed E-state index contributed by atoms with van der Waals surface area (Å²) in [6, 6.07) is 7.53. The molecule has 5 nitrogen and oxygen atoms in total. The predicted molar refractivity (Wildman–Crippen MR) is 82.6 cm³/mol. The first kappa shape index (κ1) is 13.8. The smallest absolute Gasteiger partial charge is 0.271 e. The number of rotatable bonds is 3. The van der Waals surface area contributed by atoms with E-state index in [2.05, 4.69) is 15.5 Å². The third-order valence-electron chi connectivity index (χ3n) is 3.40. The first-order valence-electron chi connectivity index (χ1n) is 6.60. The molecular formula is C15H15N3O2S. The van der Waals surface area contributed by atoms with E-state index in [1.54, 1.807) is 30.5 Å². The van der Waals surface area contributed by atoms with E-state index in [1.807, 2.05) is 30.5 Å². The maximum absolute atomic E-state index is 12.5. The van der Waals surface area contributed by atoms with Gasteiger partial charge >= 0.3 is 0 Å². The molecule has 0 aliphatic carbocycles. The molecule has 0 aromatic carbocycles. The molecule has 0 saturated carbocycles. The molecule has 3 heterocycles. The number of aryl methyl sites for hydroxylation is 1. The number of amides is 1. The lowest BCUT2D eigenvalue weighted by Gasteiger charge is -2.20. The summed E-state index contributed by atoms with van der Waals surface area (Å²) >= 11 is 1.59. The summed E-state index contributed by atoms with van der Waals surface area (Å²) in [6.45, 7) is 3.60. The van der Waals surface area contributed by atoms with Gasteiger partial charge < -0.3 is 10.2 Å². The Balaban J connectivity index is 1.73. The normalized spacial score (nSPS) is 20.8. The Labute approximate surface area is 126 Å². The molecule has 1 aliphatic rings. The number of hydrogen-bond donors (Lipinski definition) is 1. The minimum Gasteiger partial charge on any atom is -0.379 e. The lowest BCUT2D eigenvalue weighted by Crippen LogP contribution is -2.40. The van der Waals surface area contributed by atoms with Gasteiger partial charge in [0, 0.05) is 12.6 Å². The van der Waals surface area contributed by atoms with E-state index >= 15 is 0 Å². The van der Waals surface area contributed by atoms with Crippen LogP contribution in [0.5, 0.6) is 0 Å². The van der Waals surface area contributed by atoms with E-state index in [0.29, 0.717) is 12.1 Å². The summed E-state index contributed by atoms with van der Waals surface area (Å²) in [6.07, 6.45) is 2.15. The number of carbonyl (C=O) groups excluding carboxylic acids is 1. The molecule has 1 atom stereocenters. The van der Waals surface area contributed by atoms with Crippen LogP contribution in [-0.4, -0.2) is 22.2 Å². The van der Waals surface area contributed by atoms with Gasteiger partial charge in [-0.25, -0.2) is 0 Å². The summed E-state index contributed by atoms with van der Waals surface area (Å²) in [4.78, 5) is 23.1.